The van der Waals surface area contributed by atoms with Gasteiger partial charge < -0.3 is 14.1 Å². The minimum Gasteiger partial charge on any atom is -0.494 e. The molecule has 1 fully saturated rings. The monoisotopic (exact) mass is 579 g/mol. The van der Waals surface area contributed by atoms with Crippen LogP contribution < -0.4 is 4.74 Å². The van der Waals surface area contributed by atoms with E-state index < -0.39 is 17.5 Å². The molecule has 0 unspecified atom stereocenters. The molecule has 0 atom stereocenters. The number of benzene rings is 1. The number of Topliss-reactive ketones (excluding diaryl/α,β-unsaturated/α-hetero) is 2. The molecule has 0 saturated heterocycles. The molecule has 0 spiro atoms. The summed E-state index contributed by atoms with van der Waals surface area (Å²) in [6, 6.07) is 9.97. The van der Waals surface area contributed by atoms with E-state index >= 15 is 0 Å². The van der Waals surface area contributed by atoms with Gasteiger partial charge in [-0.05, 0) is 38.2 Å². The summed E-state index contributed by atoms with van der Waals surface area (Å²) < 4.78 is 13.2. The van der Waals surface area contributed by atoms with Crippen molar-refractivity contribution >= 4 is 28.0 Å². The first-order valence-corrected chi connectivity index (χ1v) is 14.3. The minimum atomic E-state index is -0.552. The maximum Gasteiger partial charge on any atom is 0.248 e. The molecular weight excluding hydrogens is 546 g/mol. The van der Waals surface area contributed by atoms with Crippen LogP contribution in [-0.2, 0) is 10.2 Å². The number of methoxy groups -OCH3 is 1. The molecule has 0 aliphatic heterocycles. The molecule has 220 valence electrons. The molecular formula is C32H33N7O4. The summed E-state index contributed by atoms with van der Waals surface area (Å²) in [4.78, 5) is 39.0. The number of nitrogens with zero attached hydrogens (tertiary/aromatic N) is 6. The minimum absolute atomic E-state index is 0.254. The second-order valence-corrected chi connectivity index (χ2v) is 11.8. The largest absolute Gasteiger partial charge is 0.494 e. The fraction of sp³-hybridized carbons (Fsp3) is 0.344. The highest BCUT2D eigenvalue weighted by molar-refractivity contribution is 6.46. The van der Waals surface area contributed by atoms with Crippen LogP contribution in [0.1, 0.15) is 80.0 Å². The van der Waals surface area contributed by atoms with Gasteiger partial charge in [0.25, 0.3) is 0 Å². The third kappa shape index (κ3) is 5.26. The topological polar surface area (TPSA) is 142 Å². The molecule has 1 saturated carbocycles. The summed E-state index contributed by atoms with van der Waals surface area (Å²) >= 11 is 0. The predicted molar refractivity (Wildman–Crippen MR) is 159 cm³/mol. The summed E-state index contributed by atoms with van der Waals surface area (Å²) in [5.41, 5.74) is 3.55. The number of H-pyrrole nitrogens is 1. The Bertz CT molecular complexity index is 1850. The lowest BCUT2D eigenvalue weighted by molar-refractivity contribution is -0.119. The van der Waals surface area contributed by atoms with Crippen LogP contribution in [0.5, 0.6) is 5.75 Å². The number of ketones is 2. The second kappa shape index (κ2) is 11.0. The standard InChI is InChI=1S/C32H33N7O4/c1-18-35-17-39(38-18)29-26-25(23(42-5)16-34-29)22(15-33-26)28(41)27(40)21-13-11-20(12-14-21)24(19-9-7-6-8-10-19)30-36-37-31(43-30)32(2,3)4/h6-10,15-17,21,33H,11-14H2,1-5H3. The molecule has 43 heavy (non-hydrogen) atoms. The van der Waals surface area contributed by atoms with Crippen LogP contribution in [0.3, 0.4) is 0 Å². The first kappa shape index (κ1) is 28.2. The van der Waals surface area contributed by atoms with E-state index in [0.717, 1.165) is 16.7 Å². The maximum atomic E-state index is 13.7. The average Bonchev–Trinajstić information content (AvgIpc) is 3.77. The van der Waals surface area contributed by atoms with Gasteiger partial charge in [-0.25, -0.2) is 14.6 Å². The van der Waals surface area contributed by atoms with Gasteiger partial charge in [-0.15, -0.1) is 10.2 Å². The van der Waals surface area contributed by atoms with Crippen molar-refractivity contribution < 1.29 is 18.7 Å². The van der Waals surface area contributed by atoms with Gasteiger partial charge in [0.05, 0.1) is 29.8 Å². The number of pyridine rings is 1. The van der Waals surface area contributed by atoms with Gasteiger partial charge in [0.2, 0.25) is 23.3 Å². The number of aryl methyl sites for hydroxylation is 1. The van der Waals surface area contributed by atoms with Crippen LogP contribution in [0.25, 0.3) is 22.3 Å². The van der Waals surface area contributed by atoms with Gasteiger partial charge in [-0.2, -0.15) is 5.10 Å². The van der Waals surface area contributed by atoms with Crippen LogP contribution in [0, 0.1) is 12.8 Å². The number of rotatable bonds is 7. The summed E-state index contributed by atoms with van der Waals surface area (Å²) in [6.45, 7) is 7.87. The van der Waals surface area contributed by atoms with Gasteiger partial charge >= 0.3 is 0 Å². The van der Waals surface area contributed by atoms with E-state index in [0.29, 0.717) is 65.8 Å². The molecule has 6 rings (SSSR count). The Morgan fingerprint density at radius 2 is 1.81 bits per heavy atom. The van der Waals surface area contributed by atoms with Crippen molar-refractivity contribution in [3.63, 3.8) is 0 Å². The number of aromatic amines is 1. The van der Waals surface area contributed by atoms with E-state index in [1.54, 1.807) is 19.4 Å². The molecule has 4 heterocycles. The Morgan fingerprint density at radius 3 is 2.44 bits per heavy atom. The Hall–Kier alpha value is -4.93. The Labute approximate surface area is 248 Å². The van der Waals surface area contributed by atoms with Crippen LogP contribution >= 0.6 is 0 Å². The Morgan fingerprint density at radius 1 is 1.07 bits per heavy atom. The number of fused-ring (bicyclic) bond motifs is 1. The summed E-state index contributed by atoms with van der Waals surface area (Å²) in [5.74, 6) is 1.11. The van der Waals surface area contributed by atoms with Crippen molar-refractivity contribution in [3.05, 3.63) is 83.4 Å². The zero-order valence-corrected chi connectivity index (χ0v) is 24.8. The number of nitrogens with one attached hydrogen (secondary N) is 1. The molecule has 1 aliphatic rings. The number of aromatic nitrogens is 7. The van der Waals surface area contributed by atoms with Crippen molar-refractivity contribution in [2.75, 3.05) is 7.11 Å². The van der Waals surface area contributed by atoms with Crippen LogP contribution in [0.4, 0.5) is 0 Å². The number of carbonyl (C=O) groups is 2. The van der Waals surface area contributed by atoms with E-state index in [-0.39, 0.29) is 11.0 Å². The van der Waals surface area contributed by atoms with Crippen molar-refractivity contribution in [1.82, 2.24) is 34.9 Å². The maximum absolute atomic E-state index is 13.7. The Kier molecular flexibility index (Phi) is 7.25. The van der Waals surface area contributed by atoms with E-state index in [4.69, 9.17) is 9.15 Å². The lowest BCUT2D eigenvalue weighted by Gasteiger charge is -2.24. The summed E-state index contributed by atoms with van der Waals surface area (Å²) in [7, 11) is 1.51. The van der Waals surface area contributed by atoms with Crippen molar-refractivity contribution in [2.45, 2.75) is 58.8 Å². The Balaban J connectivity index is 1.28. The first-order chi connectivity index (χ1) is 20.7. The molecule has 0 radical (unpaired) electrons. The molecule has 11 heteroatoms. The van der Waals surface area contributed by atoms with Gasteiger partial charge in [-0.1, -0.05) is 56.7 Å². The molecule has 11 nitrogen and oxygen atoms in total. The number of hydrogen-bond acceptors (Lipinski definition) is 9. The SMILES string of the molecule is COc1cnc(-n2cnc(C)n2)c2[nH]cc(C(=O)C(=O)C3CCC(=C(c4ccccc4)c4nnc(C(C)(C)C)o4)CC3)c12. The highest BCUT2D eigenvalue weighted by Gasteiger charge is 2.33. The highest BCUT2D eigenvalue weighted by atomic mass is 16.5. The predicted octanol–water partition coefficient (Wildman–Crippen LogP) is 5.59. The molecule has 4 aromatic heterocycles. The molecule has 1 N–H and O–H groups in total. The van der Waals surface area contributed by atoms with Crippen LogP contribution in [0.15, 0.2) is 59.0 Å². The fourth-order valence-corrected chi connectivity index (χ4v) is 5.57. The summed E-state index contributed by atoms with van der Waals surface area (Å²) in [6.07, 6.45) is 6.98. The fourth-order valence-electron chi connectivity index (χ4n) is 5.57. The van der Waals surface area contributed by atoms with Crippen molar-refractivity contribution in [2.24, 2.45) is 5.92 Å². The van der Waals surface area contributed by atoms with E-state index in [9.17, 15) is 9.59 Å². The van der Waals surface area contributed by atoms with Gasteiger partial charge in [0.1, 0.15) is 17.9 Å². The van der Waals surface area contributed by atoms with Gasteiger partial charge in [0, 0.05) is 23.1 Å². The highest BCUT2D eigenvalue weighted by Crippen LogP contribution is 2.39. The van der Waals surface area contributed by atoms with Crippen molar-refractivity contribution in [1.29, 1.82) is 0 Å². The molecule has 1 aromatic carbocycles. The third-order valence-electron chi connectivity index (χ3n) is 7.82. The number of hydrogen-bond donors (Lipinski definition) is 1. The van der Waals surface area contributed by atoms with E-state index in [1.807, 2.05) is 51.1 Å². The van der Waals surface area contributed by atoms with Crippen molar-refractivity contribution in [3.8, 4) is 11.6 Å². The zero-order chi connectivity index (χ0) is 30.3. The molecule has 0 bridgehead atoms. The number of carbonyl (C=O) groups excluding carboxylic acids is 2. The first-order valence-electron chi connectivity index (χ1n) is 14.3. The van der Waals surface area contributed by atoms with E-state index in [1.165, 1.54) is 18.0 Å². The smallest absolute Gasteiger partial charge is 0.248 e. The normalized spacial score (nSPS) is 15.6. The molecule has 5 aromatic rings. The third-order valence-corrected chi connectivity index (χ3v) is 7.82. The number of allylic oxidation sites excluding steroid dienone is 1. The average molecular weight is 580 g/mol. The van der Waals surface area contributed by atoms with Crippen LogP contribution in [-0.4, -0.2) is 53.6 Å². The quantitative estimate of drug-likeness (QED) is 0.193. The van der Waals surface area contributed by atoms with Gasteiger partial charge in [-0.3, -0.25) is 9.59 Å². The lowest BCUT2D eigenvalue weighted by Crippen LogP contribution is -2.26. The zero-order valence-electron chi connectivity index (χ0n) is 24.8. The van der Waals surface area contributed by atoms with E-state index in [2.05, 4.69) is 30.2 Å². The molecule has 1 aliphatic carbocycles. The second-order valence-electron chi connectivity index (χ2n) is 11.8. The van der Waals surface area contributed by atoms with Gasteiger partial charge in [0.15, 0.2) is 5.82 Å². The lowest BCUT2D eigenvalue weighted by atomic mass is 9.79. The molecule has 0 amide bonds. The van der Waals surface area contributed by atoms with Crippen LogP contribution in [0.2, 0.25) is 0 Å². The summed E-state index contributed by atoms with van der Waals surface area (Å²) in [5, 5.41) is 13.5. The number of ether oxygens (including phenoxy) is 1.